The predicted molar refractivity (Wildman–Crippen MR) is 56.5 cm³/mol. The molecule has 80 valence electrons. The molecule has 0 saturated carbocycles. The van der Waals surface area contributed by atoms with Crippen LogP contribution in [0.25, 0.3) is 0 Å². The van der Waals surface area contributed by atoms with Crippen LogP contribution in [-0.2, 0) is 20.9 Å². The molecule has 1 N–H and O–H groups in total. The van der Waals surface area contributed by atoms with Crippen LogP contribution in [0.4, 0.5) is 5.69 Å². The number of hydrogen-bond acceptors (Lipinski definition) is 3. The molecule has 0 aliphatic rings. The Morgan fingerprint density at radius 2 is 2.33 bits per heavy atom. The van der Waals surface area contributed by atoms with E-state index >= 15 is 0 Å². The molecule has 1 aromatic rings. The topological polar surface area (TPSA) is 55.4 Å². The Kier molecular flexibility index (Phi) is 4.50. The number of benzene rings is 1. The van der Waals surface area contributed by atoms with E-state index in [0.29, 0.717) is 12.9 Å². The first-order valence-corrected chi connectivity index (χ1v) is 4.60. The van der Waals surface area contributed by atoms with Gasteiger partial charge in [-0.15, -0.1) is 0 Å². The number of ether oxygens (including phenoxy) is 1. The largest absolute Gasteiger partial charge is 0.369 e. The maximum absolute atomic E-state index is 10.8. The van der Waals surface area contributed by atoms with Gasteiger partial charge in [0.25, 0.3) is 0 Å². The molecule has 0 heterocycles. The summed E-state index contributed by atoms with van der Waals surface area (Å²) in [4.78, 5) is 20.8. The van der Waals surface area contributed by atoms with E-state index in [0.717, 1.165) is 11.3 Å². The number of carbonyl (C=O) groups excluding carboxylic acids is 2. The molecule has 0 bridgehead atoms. The molecule has 15 heavy (non-hydrogen) atoms. The van der Waals surface area contributed by atoms with Gasteiger partial charge in [0.1, 0.15) is 12.9 Å². The Bertz CT molecular complexity index is 349. The molecule has 0 aromatic heterocycles. The van der Waals surface area contributed by atoms with E-state index in [4.69, 9.17) is 4.74 Å². The van der Waals surface area contributed by atoms with E-state index in [9.17, 15) is 9.59 Å². The van der Waals surface area contributed by atoms with Crippen LogP contribution in [-0.4, -0.2) is 18.8 Å². The van der Waals surface area contributed by atoms with Crippen LogP contribution in [0.15, 0.2) is 24.3 Å². The summed E-state index contributed by atoms with van der Waals surface area (Å²) in [5.41, 5.74) is 1.65. The Balaban J connectivity index is 2.57. The molecule has 0 fully saturated rings. The van der Waals surface area contributed by atoms with Gasteiger partial charge in [-0.05, 0) is 17.7 Å². The van der Waals surface area contributed by atoms with Crippen molar-refractivity contribution < 1.29 is 14.3 Å². The van der Waals surface area contributed by atoms with E-state index in [1.54, 1.807) is 6.07 Å². The summed E-state index contributed by atoms with van der Waals surface area (Å²) in [6.45, 7) is 1.91. The average Bonchev–Trinajstić information content (AvgIpc) is 2.18. The third kappa shape index (κ3) is 4.37. The van der Waals surface area contributed by atoms with Gasteiger partial charge in [0.15, 0.2) is 0 Å². The Hall–Kier alpha value is -1.68. The maximum Gasteiger partial charge on any atom is 0.221 e. The zero-order valence-corrected chi connectivity index (χ0v) is 8.53. The first-order valence-electron chi connectivity index (χ1n) is 4.60. The van der Waals surface area contributed by atoms with E-state index < -0.39 is 0 Å². The Labute approximate surface area is 88.2 Å². The van der Waals surface area contributed by atoms with Crippen LogP contribution in [0.1, 0.15) is 12.5 Å². The summed E-state index contributed by atoms with van der Waals surface area (Å²) in [6, 6.07) is 7.30. The number of amides is 1. The minimum atomic E-state index is -0.110. The molecule has 4 heteroatoms. The lowest BCUT2D eigenvalue weighted by molar-refractivity contribution is -0.114. The molecule has 0 radical (unpaired) electrons. The Morgan fingerprint density at radius 1 is 1.53 bits per heavy atom. The Morgan fingerprint density at radius 3 is 3.00 bits per heavy atom. The van der Waals surface area contributed by atoms with Crippen molar-refractivity contribution in [3.05, 3.63) is 29.8 Å². The van der Waals surface area contributed by atoms with Gasteiger partial charge in [0.2, 0.25) is 5.91 Å². The van der Waals surface area contributed by atoms with Gasteiger partial charge in [0.05, 0.1) is 6.61 Å². The minimum Gasteiger partial charge on any atom is -0.369 e. The zero-order valence-electron chi connectivity index (χ0n) is 8.53. The van der Waals surface area contributed by atoms with Crippen molar-refractivity contribution in [3.63, 3.8) is 0 Å². The van der Waals surface area contributed by atoms with Gasteiger partial charge in [0, 0.05) is 12.6 Å². The fourth-order valence-electron chi connectivity index (χ4n) is 1.17. The molecule has 1 rings (SSSR count). The van der Waals surface area contributed by atoms with Crippen LogP contribution in [0.3, 0.4) is 0 Å². The van der Waals surface area contributed by atoms with Gasteiger partial charge in [-0.3, -0.25) is 4.79 Å². The first-order chi connectivity index (χ1) is 7.22. The fraction of sp³-hybridized carbons (Fsp3) is 0.273. The standard InChI is InChI=1S/C11H13NO3/c1-9(14)12-11-4-2-3-10(7-11)8-15-6-5-13/h2-5,7H,6,8H2,1H3,(H,12,14). The average molecular weight is 207 g/mol. The molecule has 1 amide bonds. The van der Waals surface area contributed by atoms with Crippen LogP contribution in [0.2, 0.25) is 0 Å². The summed E-state index contributed by atoms with van der Waals surface area (Å²) < 4.78 is 5.05. The monoisotopic (exact) mass is 207 g/mol. The van der Waals surface area contributed by atoms with Crippen LogP contribution >= 0.6 is 0 Å². The molecule has 4 nitrogen and oxygen atoms in total. The van der Waals surface area contributed by atoms with Crippen molar-refractivity contribution in [3.8, 4) is 0 Å². The molecule has 0 saturated heterocycles. The highest BCUT2D eigenvalue weighted by Crippen LogP contribution is 2.11. The highest BCUT2D eigenvalue weighted by molar-refractivity contribution is 5.88. The molecular formula is C11H13NO3. The van der Waals surface area contributed by atoms with E-state index in [1.807, 2.05) is 18.2 Å². The zero-order chi connectivity index (χ0) is 11.1. The number of rotatable bonds is 5. The van der Waals surface area contributed by atoms with Gasteiger partial charge in [-0.25, -0.2) is 0 Å². The summed E-state index contributed by atoms with van der Waals surface area (Å²) >= 11 is 0. The van der Waals surface area contributed by atoms with Crippen molar-refractivity contribution >= 4 is 17.9 Å². The van der Waals surface area contributed by atoms with E-state index in [1.165, 1.54) is 6.92 Å². The molecular weight excluding hydrogens is 194 g/mol. The second-order valence-corrected chi connectivity index (χ2v) is 3.06. The maximum atomic E-state index is 10.8. The molecule has 0 aliphatic carbocycles. The van der Waals surface area contributed by atoms with Crippen molar-refractivity contribution in [1.82, 2.24) is 0 Å². The quantitative estimate of drug-likeness (QED) is 0.586. The molecule has 0 spiro atoms. The minimum absolute atomic E-state index is 0.0877. The van der Waals surface area contributed by atoms with Crippen molar-refractivity contribution in [2.75, 3.05) is 11.9 Å². The number of aldehydes is 1. The first kappa shape index (κ1) is 11.4. The second-order valence-electron chi connectivity index (χ2n) is 3.06. The fourth-order valence-corrected chi connectivity index (χ4v) is 1.17. The van der Waals surface area contributed by atoms with Crippen molar-refractivity contribution in [2.24, 2.45) is 0 Å². The lowest BCUT2D eigenvalue weighted by atomic mass is 10.2. The van der Waals surface area contributed by atoms with Crippen LogP contribution in [0, 0.1) is 0 Å². The molecule has 0 atom stereocenters. The van der Waals surface area contributed by atoms with Crippen molar-refractivity contribution in [1.29, 1.82) is 0 Å². The highest BCUT2D eigenvalue weighted by atomic mass is 16.5. The van der Waals surface area contributed by atoms with Gasteiger partial charge >= 0.3 is 0 Å². The summed E-state index contributed by atoms with van der Waals surface area (Å²) in [7, 11) is 0. The lowest BCUT2D eigenvalue weighted by Gasteiger charge is -2.05. The van der Waals surface area contributed by atoms with E-state index in [-0.39, 0.29) is 12.5 Å². The molecule has 1 aromatic carbocycles. The third-order valence-corrected chi connectivity index (χ3v) is 1.70. The number of anilines is 1. The van der Waals surface area contributed by atoms with Crippen LogP contribution in [0.5, 0.6) is 0 Å². The number of hydrogen-bond donors (Lipinski definition) is 1. The normalized spacial score (nSPS) is 9.67. The van der Waals surface area contributed by atoms with Crippen molar-refractivity contribution in [2.45, 2.75) is 13.5 Å². The highest BCUT2D eigenvalue weighted by Gasteiger charge is 1.97. The summed E-state index contributed by atoms with van der Waals surface area (Å²) in [5.74, 6) is -0.110. The smallest absolute Gasteiger partial charge is 0.221 e. The number of nitrogens with one attached hydrogen (secondary N) is 1. The summed E-state index contributed by atoms with van der Waals surface area (Å²) in [6.07, 6.45) is 0.706. The third-order valence-electron chi connectivity index (χ3n) is 1.70. The second kappa shape index (κ2) is 5.93. The molecule has 0 aliphatic heterocycles. The van der Waals surface area contributed by atoms with E-state index in [2.05, 4.69) is 5.32 Å². The molecule has 0 unspecified atom stereocenters. The van der Waals surface area contributed by atoms with Gasteiger partial charge in [-0.1, -0.05) is 12.1 Å². The SMILES string of the molecule is CC(=O)Nc1cccc(COCC=O)c1. The summed E-state index contributed by atoms with van der Waals surface area (Å²) in [5, 5.41) is 2.67. The van der Waals surface area contributed by atoms with Gasteiger partial charge in [-0.2, -0.15) is 0 Å². The number of carbonyl (C=O) groups is 2. The van der Waals surface area contributed by atoms with Gasteiger partial charge < -0.3 is 14.8 Å². The lowest BCUT2D eigenvalue weighted by Crippen LogP contribution is -2.06. The predicted octanol–water partition coefficient (Wildman–Crippen LogP) is 1.36. The van der Waals surface area contributed by atoms with Crippen LogP contribution < -0.4 is 5.32 Å².